The highest BCUT2D eigenvalue weighted by Crippen LogP contribution is 2.27. The van der Waals surface area contributed by atoms with Crippen molar-refractivity contribution >= 4 is 17.2 Å². The van der Waals surface area contributed by atoms with E-state index in [1.165, 1.54) is 11.1 Å². The molecule has 6 heteroatoms. The van der Waals surface area contributed by atoms with Crippen LogP contribution in [0.2, 0.25) is 0 Å². The van der Waals surface area contributed by atoms with Crippen molar-refractivity contribution in [2.45, 2.75) is 32.6 Å². The summed E-state index contributed by atoms with van der Waals surface area (Å²) >= 11 is 0. The normalized spacial score (nSPS) is 15.9. The first kappa shape index (κ1) is 17.7. The molecule has 0 radical (unpaired) electrons. The molecule has 3 heterocycles. The Morgan fingerprint density at radius 2 is 1.81 bits per heavy atom. The summed E-state index contributed by atoms with van der Waals surface area (Å²) in [5.74, 6) is 1.47. The van der Waals surface area contributed by atoms with Gasteiger partial charge in [-0.3, -0.25) is 14.1 Å². The van der Waals surface area contributed by atoms with Crippen LogP contribution in [0.5, 0.6) is 0 Å². The van der Waals surface area contributed by atoms with Gasteiger partial charge in [0, 0.05) is 17.8 Å². The summed E-state index contributed by atoms with van der Waals surface area (Å²) in [6.45, 7) is 6.32. The molecule has 1 fully saturated rings. The fraction of sp³-hybridized carbons (Fsp3) is 0.381. The first-order chi connectivity index (χ1) is 13.1. The Morgan fingerprint density at radius 3 is 2.56 bits per heavy atom. The van der Waals surface area contributed by atoms with Gasteiger partial charge in [-0.15, -0.1) is 10.2 Å². The number of hydrogen-bond donors (Lipinski definition) is 1. The lowest BCUT2D eigenvalue weighted by Gasteiger charge is -2.30. The molecule has 0 spiro atoms. The second-order valence-electron chi connectivity index (χ2n) is 7.46. The maximum Gasteiger partial charge on any atom is 0.238 e. The van der Waals surface area contributed by atoms with Crippen molar-refractivity contribution in [3.63, 3.8) is 0 Å². The third-order valence-electron chi connectivity index (χ3n) is 5.25. The number of amides is 1. The van der Waals surface area contributed by atoms with E-state index in [2.05, 4.69) is 50.1 Å². The second-order valence-corrected chi connectivity index (χ2v) is 7.46. The Balaban J connectivity index is 1.33. The molecule has 27 heavy (non-hydrogen) atoms. The van der Waals surface area contributed by atoms with Gasteiger partial charge in [-0.05, 0) is 69.6 Å². The lowest BCUT2D eigenvalue weighted by Crippen LogP contribution is -2.39. The molecule has 1 amide bonds. The predicted octanol–water partition coefficient (Wildman–Crippen LogP) is 3.16. The van der Waals surface area contributed by atoms with Gasteiger partial charge in [0.15, 0.2) is 5.65 Å². The Labute approximate surface area is 159 Å². The number of anilines is 1. The van der Waals surface area contributed by atoms with Crippen molar-refractivity contribution in [2.24, 2.45) is 0 Å². The highest BCUT2D eigenvalue weighted by Gasteiger charge is 2.25. The van der Waals surface area contributed by atoms with Crippen molar-refractivity contribution < 1.29 is 4.79 Å². The summed E-state index contributed by atoms with van der Waals surface area (Å²) in [5.41, 5.74) is 4.14. The van der Waals surface area contributed by atoms with Crippen LogP contribution in [0.3, 0.4) is 0 Å². The van der Waals surface area contributed by atoms with E-state index in [1.54, 1.807) is 0 Å². The summed E-state index contributed by atoms with van der Waals surface area (Å²) < 4.78 is 2.09. The molecule has 140 valence electrons. The Kier molecular flexibility index (Phi) is 4.90. The van der Waals surface area contributed by atoms with Crippen LogP contribution in [-0.4, -0.2) is 45.0 Å². The van der Waals surface area contributed by atoms with E-state index in [1.807, 2.05) is 31.2 Å². The number of pyridine rings is 1. The number of piperidine rings is 1. The van der Waals surface area contributed by atoms with Crippen LogP contribution < -0.4 is 5.32 Å². The summed E-state index contributed by atoms with van der Waals surface area (Å²) in [6.07, 6.45) is 4.04. The highest BCUT2D eigenvalue weighted by atomic mass is 16.2. The number of fused-ring (bicyclic) bond motifs is 1. The smallest absolute Gasteiger partial charge is 0.238 e. The number of nitrogens with one attached hydrogen (secondary N) is 1. The fourth-order valence-corrected chi connectivity index (χ4v) is 3.68. The largest absolute Gasteiger partial charge is 0.325 e. The molecule has 1 aliphatic rings. The van der Waals surface area contributed by atoms with Gasteiger partial charge in [0.1, 0.15) is 5.82 Å². The standard InChI is InChI=1S/C21H25N5O/c1-15-3-5-18(6-4-15)22-20(27)14-25-10-8-17(9-11-25)21-24-23-19-13-16(2)7-12-26(19)21/h3-7,12-13,17H,8-11,14H2,1-2H3,(H,22,27). The lowest BCUT2D eigenvalue weighted by molar-refractivity contribution is -0.117. The maximum absolute atomic E-state index is 12.3. The first-order valence-electron chi connectivity index (χ1n) is 9.48. The molecular formula is C21H25N5O. The maximum atomic E-state index is 12.3. The van der Waals surface area contributed by atoms with Gasteiger partial charge >= 0.3 is 0 Å². The van der Waals surface area contributed by atoms with E-state index in [9.17, 15) is 4.79 Å². The number of rotatable bonds is 4. The van der Waals surface area contributed by atoms with Gasteiger partial charge in [-0.2, -0.15) is 0 Å². The predicted molar refractivity (Wildman–Crippen MR) is 106 cm³/mol. The van der Waals surface area contributed by atoms with Crippen LogP contribution >= 0.6 is 0 Å². The summed E-state index contributed by atoms with van der Waals surface area (Å²) in [7, 11) is 0. The monoisotopic (exact) mass is 363 g/mol. The molecule has 0 saturated carbocycles. The Morgan fingerprint density at radius 1 is 1.07 bits per heavy atom. The van der Waals surface area contributed by atoms with E-state index in [-0.39, 0.29) is 5.91 Å². The number of hydrogen-bond acceptors (Lipinski definition) is 4. The molecule has 0 aliphatic carbocycles. The molecule has 1 aromatic carbocycles. The molecule has 4 rings (SSSR count). The van der Waals surface area contributed by atoms with Gasteiger partial charge in [0.2, 0.25) is 5.91 Å². The summed E-state index contributed by atoms with van der Waals surface area (Å²) in [4.78, 5) is 14.5. The van der Waals surface area contributed by atoms with Crippen molar-refractivity contribution in [2.75, 3.05) is 25.0 Å². The molecule has 0 bridgehead atoms. The van der Waals surface area contributed by atoms with Gasteiger partial charge in [0.05, 0.1) is 6.54 Å². The van der Waals surface area contributed by atoms with Crippen molar-refractivity contribution in [1.82, 2.24) is 19.5 Å². The number of nitrogens with zero attached hydrogens (tertiary/aromatic N) is 4. The first-order valence-corrected chi connectivity index (χ1v) is 9.48. The van der Waals surface area contributed by atoms with Crippen LogP contribution in [0, 0.1) is 13.8 Å². The zero-order valence-corrected chi connectivity index (χ0v) is 15.9. The molecule has 1 saturated heterocycles. The van der Waals surface area contributed by atoms with E-state index in [0.717, 1.165) is 43.1 Å². The van der Waals surface area contributed by atoms with E-state index in [0.29, 0.717) is 12.5 Å². The summed E-state index contributed by atoms with van der Waals surface area (Å²) in [5, 5.41) is 11.7. The third kappa shape index (κ3) is 4.01. The van der Waals surface area contributed by atoms with Crippen molar-refractivity contribution in [3.8, 4) is 0 Å². The highest BCUT2D eigenvalue weighted by molar-refractivity contribution is 5.92. The van der Waals surface area contributed by atoms with Gasteiger partial charge in [-0.25, -0.2) is 0 Å². The van der Waals surface area contributed by atoms with Crippen molar-refractivity contribution in [1.29, 1.82) is 0 Å². The third-order valence-corrected chi connectivity index (χ3v) is 5.25. The minimum Gasteiger partial charge on any atom is -0.325 e. The van der Waals surface area contributed by atoms with E-state index >= 15 is 0 Å². The Hall–Kier alpha value is -2.73. The minimum absolute atomic E-state index is 0.0423. The fourth-order valence-electron chi connectivity index (χ4n) is 3.68. The lowest BCUT2D eigenvalue weighted by atomic mass is 9.96. The van der Waals surface area contributed by atoms with Gasteiger partial charge in [0.25, 0.3) is 0 Å². The summed E-state index contributed by atoms with van der Waals surface area (Å²) in [6, 6.07) is 12.0. The molecule has 0 atom stereocenters. The number of likely N-dealkylation sites (tertiary alicyclic amines) is 1. The average molecular weight is 363 g/mol. The van der Waals surface area contributed by atoms with Crippen LogP contribution in [0.25, 0.3) is 5.65 Å². The van der Waals surface area contributed by atoms with Gasteiger partial charge in [-0.1, -0.05) is 17.7 Å². The number of aromatic nitrogens is 3. The average Bonchev–Trinajstić information content (AvgIpc) is 3.07. The molecule has 3 aromatic rings. The molecule has 2 aromatic heterocycles. The molecule has 0 unspecified atom stereocenters. The molecule has 1 N–H and O–H groups in total. The molecule has 6 nitrogen and oxygen atoms in total. The van der Waals surface area contributed by atoms with Crippen LogP contribution in [-0.2, 0) is 4.79 Å². The zero-order chi connectivity index (χ0) is 18.8. The van der Waals surface area contributed by atoms with E-state index < -0.39 is 0 Å². The zero-order valence-electron chi connectivity index (χ0n) is 15.9. The van der Waals surface area contributed by atoms with Gasteiger partial charge < -0.3 is 5.32 Å². The SMILES string of the molecule is Cc1ccc(NC(=O)CN2CCC(c3nnc4cc(C)ccn34)CC2)cc1. The topological polar surface area (TPSA) is 62.5 Å². The molecule has 1 aliphatic heterocycles. The number of carbonyl (C=O) groups is 1. The Bertz CT molecular complexity index is 939. The van der Waals surface area contributed by atoms with E-state index in [4.69, 9.17) is 0 Å². The number of carbonyl (C=O) groups excluding carboxylic acids is 1. The van der Waals surface area contributed by atoms with Crippen LogP contribution in [0.1, 0.15) is 35.7 Å². The molecular weight excluding hydrogens is 338 g/mol. The van der Waals surface area contributed by atoms with Crippen LogP contribution in [0.4, 0.5) is 5.69 Å². The quantitative estimate of drug-likeness (QED) is 0.773. The number of aryl methyl sites for hydroxylation is 2. The van der Waals surface area contributed by atoms with Crippen LogP contribution in [0.15, 0.2) is 42.6 Å². The minimum atomic E-state index is 0.0423. The number of benzene rings is 1. The second kappa shape index (κ2) is 7.48. The van der Waals surface area contributed by atoms with Crippen molar-refractivity contribution in [3.05, 3.63) is 59.5 Å².